The smallest absolute Gasteiger partial charge is 0.245 e. The van der Waals surface area contributed by atoms with Crippen LogP contribution in [-0.2, 0) is 14.8 Å². The Labute approximate surface area is 220 Å². The molecule has 13 nitrogen and oxygen atoms in total. The zero-order valence-electron chi connectivity index (χ0n) is 21.3. The molecule has 1 saturated carbocycles. The maximum Gasteiger partial charge on any atom is 0.245 e. The highest BCUT2D eigenvalue weighted by molar-refractivity contribution is 7.93. The van der Waals surface area contributed by atoms with Gasteiger partial charge < -0.3 is 14.2 Å². The molecule has 2 unspecified atom stereocenters. The van der Waals surface area contributed by atoms with Gasteiger partial charge in [0.25, 0.3) is 0 Å². The first-order valence-electron chi connectivity index (χ1n) is 11.4. The standard InChI is InChI=1S/C22H29ClN8O5S/c1-12(16(34-4)17-24-9-13(23)10-25-17)37(32,33)30-21-29-28-18(14-7-8-22(14,2)3)31(21)15-19(35-5)26-11-27-20(15)36-6/h9-12,14,16H,7-8H2,1-6H3,(H,29,30)/t12?,14-,16?/m0/s1. The lowest BCUT2D eigenvalue weighted by Crippen LogP contribution is -2.35. The number of aromatic nitrogens is 7. The van der Waals surface area contributed by atoms with Gasteiger partial charge in [0.05, 0.1) is 19.2 Å². The predicted octanol–water partition coefficient (Wildman–Crippen LogP) is 2.94. The van der Waals surface area contributed by atoms with Crippen molar-refractivity contribution in [1.82, 2.24) is 34.7 Å². The van der Waals surface area contributed by atoms with Crippen molar-refractivity contribution in [1.29, 1.82) is 0 Å². The number of rotatable bonds is 10. The summed E-state index contributed by atoms with van der Waals surface area (Å²) in [5.74, 6) is 0.980. The summed E-state index contributed by atoms with van der Waals surface area (Å²) in [6.45, 7) is 5.73. The molecular weight excluding hydrogens is 524 g/mol. The number of nitrogens with zero attached hydrogens (tertiary/aromatic N) is 7. The number of methoxy groups -OCH3 is 3. The van der Waals surface area contributed by atoms with Crippen molar-refractivity contribution in [3.05, 3.63) is 35.4 Å². The molecule has 1 fully saturated rings. The van der Waals surface area contributed by atoms with E-state index in [2.05, 4.69) is 48.7 Å². The molecule has 0 saturated heterocycles. The van der Waals surface area contributed by atoms with Crippen LogP contribution in [0.2, 0.25) is 5.02 Å². The van der Waals surface area contributed by atoms with Crippen LogP contribution in [0, 0.1) is 5.41 Å². The lowest BCUT2D eigenvalue weighted by molar-refractivity contribution is 0.0950. The van der Waals surface area contributed by atoms with Gasteiger partial charge in [-0.05, 0) is 25.2 Å². The van der Waals surface area contributed by atoms with E-state index < -0.39 is 21.4 Å². The monoisotopic (exact) mass is 552 g/mol. The molecule has 3 aromatic rings. The summed E-state index contributed by atoms with van der Waals surface area (Å²) in [5, 5.41) is 7.80. The van der Waals surface area contributed by atoms with Crippen LogP contribution >= 0.6 is 11.6 Å². The largest absolute Gasteiger partial charge is 0.479 e. The van der Waals surface area contributed by atoms with Gasteiger partial charge in [0, 0.05) is 25.4 Å². The van der Waals surface area contributed by atoms with Gasteiger partial charge in [-0.2, -0.15) is 9.97 Å². The highest BCUT2D eigenvalue weighted by Gasteiger charge is 2.44. The van der Waals surface area contributed by atoms with Crippen LogP contribution in [0.4, 0.5) is 5.95 Å². The van der Waals surface area contributed by atoms with E-state index in [4.69, 9.17) is 25.8 Å². The van der Waals surface area contributed by atoms with Gasteiger partial charge in [0.15, 0.2) is 11.5 Å². The van der Waals surface area contributed by atoms with E-state index in [0.29, 0.717) is 10.8 Å². The van der Waals surface area contributed by atoms with Crippen LogP contribution in [-0.4, -0.2) is 69.7 Å². The molecule has 3 aromatic heterocycles. The van der Waals surface area contributed by atoms with Crippen molar-refractivity contribution >= 4 is 27.6 Å². The van der Waals surface area contributed by atoms with Crippen LogP contribution in [0.1, 0.15) is 57.3 Å². The maximum atomic E-state index is 13.6. The SMILES string of the molecule is COc1ncnc(OC)c1-n1c(NS(=O)(=O)C(C)C(OC)c2ncc(Cl)cn2)nnc1[C@@H]1CCC1(C)C. The molecule has 0 aliphatic heterocycles. The summed E-state index contributed by atoms with van der Waals surface area (Å²) in [7, 11) is 0.160. The zero-order chi connectivity index (χ0) is 27.0. The minimum Gasteiger partial charge on any atom is -0.479 e. The van der Waals surface area contributed by atoms with E-state index in [1.165, 1.54) is 47.0 Å². The van der Waals surface area contributed by atoms with Crippen LogP contribution in [0.15, 0.2) is 18.7 Å². The van der Waals surface area contributed by atoms with E-state index >= 15 is 0 Å². The number of sulfonamides is 1. The fourth-order valence-corrected chi connectivity index (χ4v) is 5.58. The normalized spacial score (nSPS) is 18.5. The third kappa shape index (κ3) is 5.05. The second kappa shape index (κ2) is 10.3. The Hall–Kier alpha value is -3.10. The Morgan fingerprint density at radius 2 is 1.70 bits per heavy atom. The predicted molar refractivity (Wildman–Crippen MR) is 135 cm³/mol. The molecule has 200 valence electrons. The molecule has 15 heteroatoms. The first kappa shape index (κ1) is 26.9. The third-order valence-corrected chi connectivity index (χ3v) is 8.57. The Morgan fingerprint density at radius 1 is 1.08 bits per heavy atom. The van der Waals surface area contributed by atoms with Gasteiger partial charge in [0.1, 0.15) is 23.5 Å². The molecule has 1 aliphatic carbocycles. The Balaban J connectivity index is 1.80. The summed E-state index contributed by atoms with van der Waals surface area (Å²) in [5.41, 5.74) is 0.210. The lowest BCUT2D eigenvalue weighted by atomic mass is 9.62. The zero-order valence-corrected chi connectivity index (χ0v) is 22.9. The lowest BCUT2D eigenvalue weighted by Gasteiger charge is -2.43. The molecule has 0 amide bonds. The quantitative estimate of drug-likeness (QED) is 0.394. The molecule has 0 bridgehead atoms. The first-order chi connectivity index (χ1) is 17.5. The van der Waals surface area contributed by atoms with E-state index in [1.807, 2.05) is 0 Å². The molecule has 1 aliphatic rings. The van der Waals surface area contributed by atoms with Gasteiger partial charge in [-0.3, -0.25) is 9.29 Å². The fraction of sp³-hybridized carbons (Fsp3) is 0.545. The topological polar surface area (TPSA) is 156 Å². The van der Waals surface area contributed by atoms with Crippen LogP contribution in [0.25, 0.3) is 5.69 Å². The minimum absolute atomic E-state index is 0.000475. The molecule has 1 N–H and O–H groups in total. The number of nitrogens with one attached hydrogen (secondary N) is 1. The summed E-state index contributed by atoms with van der Waals surface area (Å²) in [6, 6.07) is 0. The Kier molecular flexibility index (Phi) is 7.53. The number of anilines is 1. The summed E-state index contributed by atoms with van der Waals surface area (Å²) >= 11 is 5.88. The van der Waals surface area contributed by atoms with Crippen molar-refractivity contribution < 1.29 is 22.6 Å². The van der Waals surface area contributed by atoms with Gasteiger partial charge in [-0.1, -0.05) is 25.4 Å². The molecule has 0 radical (unpaired) electrons. The van der Waals surface area contributed by atoms with Crippen LogP contribution < -0.4 is 14.2 Å². The molecular formula is C22H29ClN8O5S. The van der Waals surface area contributed by atoms with E-state index in [1.54, 1.807) is 4.57 Å². The average molecular weight is 553 g/mol. The molecule has 0 aromatic carbocycles. The number of hydrogen-bond acceptors (Lipinski definition) is 11. The molecule has 3 heterocycles. The van der Waals surface area contributed by atoms with Gasteiger partial charge >= 0.3 is 0 Å². The summed E-state index contributed by atoms with van der Waals surface area (Å²) < 4.78 is 47.7. The molecule has 0 spiro atoms. The first-order valence-corrected chi connectivity index (χ1v) is 13.4. The van der Waals surface area contributed by atoms with Crippen LogP contribution in [0.3, 0.4) is 0 Å². The van der Waals surface area contributed by atoms with Crippen molar-refractivity contribution in [2.75, 3.05) is 26.1 Å². The molecule has 4 rings (SSSR count). The van der Waals surface area contributed by atoms with Crippen molar-refractivity contribution in [3.8, 4) is 17.4 Å². The highest BCUT2D eigenvalue weighted by Crippen LogP contribution is 2.53. The Bertz CT molecular complexity index is 1340. The highest BCUT2D eigenvalue weighted by atomic mass is 35.5. The third-order valence-electron chi connectivity index (χ3n) is 6.68. The molecule has 3 atom stereocenters. The second-order valence-electron chi connectivity index (χ2n) is 9.31. The maximum absolute atomic E-state index is 13.6. The average Bonchev–Trinajstić information content (AvgIpc) is 3.25. The second-order valence-corrected chi connectivity index (χ2v) is 11.8. The molecule has 37 heavy (non-hydrogen) atoms. The van der Waals surface area contributed by atoms with Gasteiger partial charge in [-0.15, -0.1) is 10.2 Å². The minimum atomic E-state index is -4.12. The van der Waals surface area contributed by atoms with Crippen molar-refractivity contribution in [2.45, 2.75) is 50.9 Å². The number of halogens is 1. The summed E-state index contributed by atoms with van der Waals surface area (Å²) in [6.07, 6.45) is 4.89. The van der Waals surface area contributed by atoms with Crippen molar-refractivity contribution in [3.63, 3.8) is 0 Å². The number of hydrogen-bond donors (Lipinski definition) is 1. The van der Waals surface area contributed by atoms with Gasteiger partial charge in [-0.25, -0.2) is 18.4 Å². The number of ether oxygens (including phenoxy) is 3. The van der Waals surface area contributed by atoms with Crippen LogP contribution in [0.5, 0.6) is 11.8 Å². The van der Waals surface area contributed by atoms with Crippen molar-refractivity contribution in [2.24, 2.45) is 5.41 Å². The van der Waals surface area contributed by atoms with E-state index in [9.17, 15) is 8.42 Å². The van der Waals surface area contributed by atoms with Gasteiger partial charge in [0.2, 0.25) is 27.7 Å². The van der Waals surface area contributed by atoms with E-state index in [0.717, 1.165) is 12.8 Å². The van der Waals surface area contributed by atoms with E-state index in [-0.39, 0.29) is 40.6 Å². The Morgan fingerprint density at radius 3 is 2.19 bits per heavy atom. The summed E-state index contributed by atoms with van der Waals surface area (Å²) in [4.78, 5) is 16.6. The fourth-order valence-electron chi connectivity index (χ4n) is 4.35.